The Morgan fingerprint density at radius 3 is 3.19 bits per heavy atom. The van der Waals surface area contributed by atoms with E-state index in [-0.39, 0.29) is 5.91 Å². The number of nitrogens with zero attached hydrogens (tertiary/aromatic N) is 2. The second-order valence-electron chi connectivity index (χ2n) is 3.91. The largest absolute Gasteiger partial charge is 0.381 e. The molecule has 0 radical (unpaired) electrons. The molecule has 0 spiro atoms. The van der Waals surface area contributed by atoms with E-state index in [1.807, 2.05) is 0 Å². The predicted molar refractivity (Wildman–Crippen MR) is 58.8 cm³/mol. The number of carbonyl (C=O) groups excluding carboxylic acids is 1. The molecule has 0 saturated carbocycles. The summed E-state index contributed by atoms with van der Waals surface area (Å²) in [6, 6.07) is 0. The van der Waals surface area contributed by atoms with Crippen molar-refractivity contribution in [3.63, 3.8) is 0 Å². The summed E-state index contributed by atoms with van der Waals surface area (Å²) in [6.07, 6.45) is 7.14. The van der Waals surface area contributed by atoms with Gasteiger partial charge in [-0.1, -0.05) is 0 Å². The van der Waals surface area contributed by atoms with E-state index in [4.69, 9.17) is 4.74 Å². The van der Waals surface area contributed by atoms with Crippen molar-refractivity contribution in [3.05, 3.63) is 18.6 Å². The maximum atomic E-state index is 11.5. The average molecular weight is 221 g/mol. The molecule has 1 aliphatic heterocycles. The molecule has 86 valence electrons. The van der Waals surface area contributed by atoms with E-state index in [2.05, 4.69) is 15.3 Å². The number of hydrogen-bond acceptors (Lipinski definition) is 4. The zero-order chi connectivity index (χ0) is 11.2. The van der Waals surface area contributed by atoms with Gasteiger partial charge in [0.25, 0.3) is 0 Å². The number of nitrogens with one attached hydrogen (secondary N) is 1. The second kappa shape index (κ2) is 5.55. The molecule has 5 heteroatoms. The lowest BCUT2D eigenvalue weighted by Crippen LogP contribution is -2.14. The molecule has 0 unspecified atom stereocenters. The maximum absolute atomic E-state index is 11.5. The van der Waals surface area contributed by atoms with E-state index in [1.165, 1.54) is 6.20 Å². The molecule has 2 rings (SSSR count). The third-order valence-corrected chi connectivity index (χ3v) is 2.63. The number of hydrogen-bond donors (Lipinski definition) is 1. The standard InChI is InChI=1S/C11H15N3O2/c15-11(2-1-9-3-6-16-8-9)14-10-7-12-4-5-13-10/h4-5,7,9H,1-3,6,8H2,(H,13,14,15)/t9-/m0/s1. The summed E-state index contributed by atoms with van der Waals surface area (Å²) in [4.78, 5) is 19.4. The van der Waals surface area contributed by atoms with Gasteiger partial charge >= 0.3 is 0 Å². The Morgan fingerprint density at radius 2 is 2.50 bits per heavy atom. The molecule has 1 aromatic rings. The normalized spacial score (nSPS) is 19.6. The monoisotopic (exact) mass is 221 g/mol. The van der Waals surface area contributed by atoms with Crippen LogP contribution < -0.4 is 5.32 Å². The lowest BCUT2D eigenvalue weighted by atomic mass is 10.0. The Labute approximate surface area is 94.2 Å². The van der Waals surface area contributed by atoms with E-state index >= 15 is 0 Å². The van der Waals surface area contributed by atoms with Gasteiger partial charge in [0.2, 0.25) is 5.91 Å². The molecule has 5 nitrogen and oxygen atoms in total. The smallest absolute Gasteiger partial charge is 0.225 e. The first-order valence-electron chi connectivity index (χ1n) is 5.48. The highest BCUT2D eigenvalue weighted by Gasteiger charge is 2.16. The van der Waals surface area contributed by atoms with Crippen LogP contribution in [0.4, 0.5) is 5.82 Å². The summed E-state index contributed by atoms with van der Waals surface area (Å²) in [7, 11) is 0. The van der Waals surface area contributed by atoms with E-state index < -0.39 is 0 Å². The van der Waals surface area contributed by atoms with Gasteiger partial charge in [-0.15, -0.1) is 0 Å². The second-order valence-corrected chi connectivity index (χ2v) is 3.91. The van der Waals surface area contributed by atoms with Crippen LogP contribution in [0, 0.1) is 5.92 Å². The molecular formula is C11H15N3O2. The van der Waals surface area contributed by atoms with Gasteiger partial charge in [-0.25, -0.2) is 4.98 Å². The van der Waals surface area contributed by atoms with Crippen molar-refractivity contribution in [1.82, 2.24) is 9.97 Å². The highest BCUT2D eigenvalue weighted by atomic mass is 16.5. The lowest BCUT2D eigenvalue weighted by Gasteiger charge is -2.07. The molecule has 1 N–H and O–H groups in total. The predicted octanol–water partition coefficient (Wildman–Crippen LogP) is 1.23. The van der Waals surface area contributed by atoms with E-state index in [0.717, 1.165) is 26.1 Å². The fraction of sp³-hybridized carbons (Fsp3) is 0.545. The van der Waals surface area contributed by atoms with Gasteiger partial charge in [-0.05, 0) is 18.8 Å². The van der Waals surface area contributed by atoms with Crippen LogP contribution >= 0.6 is 0 Å². The summed E-state index contributed by atoms with van der Waals surface area (Å²) < 4.78 is 5.25. The Kier molecular flexibility index (Phi) is 3.82. The van der Waals surface area contributed by atoms with Crippen molar-refractivity contribution in [2.75, 3.05) is 18.5 Å². The highest BCUT2D eigenvalue weighted by Crippen LogP contribution is 2.18. The van der Waals surface area contributed by atoms with Crippen molar-refractivity contribution in [2.24, 2.45) is 5.92 Å². The van der Waals surface area contributed by atoms with Crippen LogP contribution in [-0.4, -0.2) is 29.1 Å². The Hall–Kier alpha value is -1.49. The molecule has 0 aliphatic carbocycles. The summed E-state index contributed by atoms with van der Waals surface area (Å²) in [5, 5.41) is 2.71. The van der Waals surface area contributed by atoms with Crippen molar-refractivity contribution in [3.8, 4) is 0 Å². The van der Waals surface area contributed by atoms with Crippen molar-refractivity contribution < 1.29 is 9.53 Å². The molecule has 1 aliphatic rings. The van der Waals surface area contributed by atoms with E-state index in [1.54, 1.807) is 12.4 Å². The minimum Gasteiger partial charge on any atom is -0.381 e. The van der Waals surface area contributed by atoms with Crippen molar-refractivity contribution in [2.45, 2.75) is 19.3 Å². The van der Waals surface area contributed by atoms with Crippen molar-refractivity contribution >= 4 is 11.7 Å². The molecular weight excluding hydrogens is 206 g/mol. The molecule has 0 aromatic carbocycles. The van der Waals surface area contributed by atoms with Crippen LogP contribution in [0.25, 0.3) is 0 Å². The molecule has 16 heavy (non-hydrogen) atoms. The van der Waals surface area contributed by atoms with Crippen LogP contribution in [0.2, 0.25) is 0 Å². The molecule has 0 bridgehead atoms. The lowest BCUT2D eigenvalue weighted by molar-refractivity contribution is -0.116. The Balaban J connectivity index is 1.72. The number of amides is 1. The number of aromatic nitrogens is 2. The highest BCUT2D eigenvalue weighted by molar-refractivity contribution is 5.89. The van der Waals surface area contributed by atoms with Crippen LogP contribution in [-0.2, 0) is 9.53 Å². The van der Waals surface area contributed by atoms with Crippen LogP contribution in [0.1, 0.15) is 19.3 Å². The van der Waals surface area contributed by atoms with Gasteiger partial charge in [0.05, 0.1) is 6.20 Å². The molecule has 1 amide bonds. The fourth-order valence-electron chi connectivity index (χ4n) is 1.72. The fourth-order valence-corrected chi connectivity index (χ4v) is 1.72. The minimum absolute atomic E-state index is 0.00704. The van der Waals surface area contributed by atoms with E-state index in [9.17, 15) is 4.79 Å². The SMILES string of the molecule is O=C(CC[C@H]1CCOC1)Nc1cnccn1. The molecule has 2 heterocycles. The average Bonchev–Trinajstić information content (AvgIpc) is 2.81. The van der Waals surface area contributed by atoms with Gasteiger partial charge in [-0.2, -0.15) is 0 Å². The third-order valence-electron chi connectivity index (χ3n) is 2.63. The number of anilines is 1. The van der Waals surface area contributed by atoms with Gasteiger partial charge in [0.1, 0.15) is 0 Å². The third kappa shape index (κ3) is 3.27. The summed E-state index contributed by atoms with van der Waals surface area (Å²) in [6.45, 7) is 1.62. The molecule has 1 saturated heterocycles. The molecule has 1 aromatic heterocycles. The summed E-state index contributed by atoms with van der Waals surface area (Å²) in [5.74, 6) is 1.04. The van der Waals surface area contributed by atoms with Gasteiger partial charge < -0.3 is 10.1 Å². The summed E-state index contributed by atoms with van der Waals surface area (Å²) >= 11 is 0. The first-order valence-corrected chi connectivity index (χ1v) is 5.48. The van der Waals surface area contributed by atoms with Gasteiger partial charge in [0, 0.05) is 32.0 Å². The minimum atomic E-state index is -0.00704. The number of carbonyl (C=O) groups is 1. The molecule has 1 fully saturated rings. The summed E-state index contributed by atoms with van der Waals surface area (Å²) in [5.41, 5.74) is 0. The number of rotatable bonds is 4. The van der Waals surface area contributed by atoms with Gasteiger partial charge in [-0.3, -0.25) is 9.78 Å². The van der Waals surface area contributed by atoms with Gasteiger partial charge in [0.15, 0.2) is 5.82 Å². The zero-order valence-electron chi connectivity index (χ0n) is 9.06. The first-order chi connectivity index (χ1) is 7.84. The maximum Gasteiger partial charge on any atom is 0.225 e. The Bertz CT molecular complexity index is 336. The number of ether oxygens (including phenoxy) is 1. The van der Waals surface area contributed by atoms with E-state index in [0.29, 0.717) is 18.2 Å². The Morgan fingerprint density at radius 1 is 1.56 bits per heavy atom. The van der Waals surface area contributed by atoms with Crippen LogP contribution in [0.15, 0.2) is 18.6 Å². The molecule has 1 atom stereocenters. The first kappa shape index (κ1) is 11.0. The van der Waals surface area contributed by atoms with Crippen LogP contribution in [0.3, 0.4) is 0 Å². The quantitative estimate of drug-likeness (QED) is 0.830. The van der Waals surface area contributed by atoms with Crippen molar-refractivity contribution in [1.29, 1.82) is 0 Å². The van der Waals surface area contributed by atoms with Crippen LogP contribution in [0.5, 0.6) is 0 Å². The zero-order valence-corrected chi connectivity index (χ0v) is 9.06. The topological polar surface area (TPSA) is 64.1 Å².